The van der Waals surface area contributed by atoms with Gasteiger partial charge in [0.15, 0.2) is 0 Å². The lowest BCUT2D eigenvalue weighted by Gasteiger charge is -2.11. The Labute approximate surface area is 190 Å². The summed E-state index contributed by atoms with van der Waals surface area (Å²) >= 11 is 0. The Balaban J connectivity index is 1.48. The van der Waals surface area contributed by atoms with Crippen LogP contribution >= 0.6 is 0 Å². The maximum Gasteiger partial charge on any atom is 0.256 e. The van der Waals surface area contributed by atoms with Crippen LogP contribution in [-0.4, -0.2) is 23.9 Å². The highest BCUT2D eigenvalue weighted by molar-refractivity contribution is 6.36. The lowest BCUT2D eigenvalue weighted by Crippen LogP contribution is -2.11. The topological polar surface area (TPSA) is 83.2 Å². The Hall–Kier alpha value is -4.58. The molecule has 0 fully saturated rings. The Morgan fingerprint density at radius 2 is 1.79 bits per heavy atom. The number of aromatic nitrogens is 1. The van der Waals surface area contributed by atoms with Gasteiger partial charge in [0.25, 0.3) is 11.8 Å². The first kappa shape index (κ1) is 20.3. The smallest absolute Gasteiger partial charge is 0.256 e. The second kappa shape index (κ2) is 8.51. The second-order valence-corrected chi connectivity index (χ2v) is 7.63. The van der Waals surface area contributed by atoms with Gasteiger partial charge in [0.05, 0.1) is 12.7 Å². The molecular weight excluding hydrogens is 414 g/mol. The van der Waals surface area contributed by atoms with Crippen LogP contribution in [-0.2, 0) is 4.79 Å². The van der Waals surface area contributed by atoms with Crippen LogP contribution in [0.15, 0.2) is 85.1 Å². The van der Waals surface area contributed by atoms with E-state index in [0.29, 0.717) is 22.6 Å². The van der Waals surface area contributed by atoms with Crippen LogP contribution in [0.25, 0.3) is 22.8 Å². The minimum absolute atomic E-state index is 0.143. The minimum atomic E-state index is -0.211. The van der Waals surface area contributed by atoms with Crippen LogP contribution in [0.4, 0.5) is 11.4 Å². The Morgan fingerprint density at radius 3 is 2.55 bits per heavy atom. The van der Waals surface area contributed by atoms with E-state index in [9.17, 15) is 9.59 Å². The van der Waals surface area contributed by atoms with Gasteiger partial charge >= 0.3 is 0 Å². The van der Waals surface area contributed by atoms with E-state index >= 15 is 0 Å². The summed E-state index contributed by atoms with van der Waals surface area (Å²) in [5.41, 5.74) is 6.06. The van der Waals surface area contributed by atoms with Crippen molar-refractivity contribution in [2.75, 3.05) is 17.7 Å². The summed E-state index contributed by atoms with van der Waals surface area (Å²) in [6.45, 7) is 0. The molecule has 3 N–H and O–H groups in total. The van der Waals surface area contributed by atoms with Crippen molar-refractivity contribution < 1.29 is 14.3 Å². The van der Waals surface area contributed by atoms with Gasteiger partial charge in [-0.3, -0.25) is 9.59 Å². The van der Waals surface area contributed by atoms with Crippen molar-refractivity contribution in [3.05, 3.63) is 102 Å². The number of aromatic amines is 1. The highest BCUT2D eigenvalue weighted by atomic mass is 16.5. The number of H-pyrrole nitrogens is 1. The molecule has 162 valence electrons. The summed E-state index contributed by atoms with van der Waals surface area (Å²) in [6.07, 6.45) is 3.67. The number of ether oxygens (including phenoxy) is 1. The molecule has 3 aromatic carbocycles. The molecule has 0 atom stereocenters. The molecule has 0 spiro atoms. The number of nitrogens with one attached hydrogen (secondary N) is 3. The van der Waals surface area contributed by atoms with E-state index in [2.05, 4.69) is 15.6 Å². The van der Waals surface area contributed by atoms with E-state index in [0.717, 1.165) is 28.1 Å². The zero-order chi connectivity index (χ0) is 22.8. The maximum absolute atomic E-state index is 12.7. The van der Waals surface area contributed by atoms with Crippen LogP contribution in [0.2, 0.25) is 0 Å². The number of carbonyl (C=O) groups excluding carboxylic acids is 2. The molecule has 0 bridgehead atoms. The molecule has 0 saturated carbocycles. The van der Waals surface area contributed by atoms with Gasteiger partial charge in [0.2, 0.25) is 0 Å². The number of carbonyl (C=O) groups is 2. The fourth-order valence-electron chi connectivity index (χ4n) is 3.93. The minimum Gasteiger partial charge on any atom is -0.497 e. The molecule has 5 rings (SSSR count). The van der Waals surface area contributed by atoms with Crippen LogP contribution in [0, 0.1) is 0 Å². The van der Waals surface area contributed by atoms with Crippen molar-refractivity contribution >= 4 is 34.8 Å². The van der Waals surface area contributed by atoms with Gasteiger partial charge in [0, 0.05) is 34.4 Å². The van der Waals surface area contributed by atoms with Crippen LogP contribution in [0.3, 0.4) is 0 Å². The quantitative estimate of drug-likeness (QED) is 0.365. The molecule has 0 unspecified atom stereocenters. The molecule has 2 amide bonds. The number of benzene rings is 3. The first-order chi connectivity index (χ1) is 16.1. The molecule has 6 heteroatoms. The Bertz CT molecular complexity index is 1370. The third-order valence-corrected chi connectivity index (χ3v) is 5.53. The van der Waals surface area contributed by atoms with Crippen molar-refractivity contribution in [3.63, 3.8) is 0 Å². The van der Waals surface area contributed by atoms with E-state index in [-0.39, 0.29) is 11.8 Å². The number of hydrogen-bond donors (Lipinski definition) is 3. The summed E-state index contributed by atoms with van der Waals surface area (Å²) < 4.78 is 5.15. The van der Waals surface area contributed by atoms with E-state index in [4.69, 9.17) is 4.74 Å². The summed E-state index contributed by atoms with van der Waals surface area (Å²) in [5.74, 6) is 0.339. The van der Waals surface area contributed by atoms with Gasteiger partial charge in [-0.05, 0) is 71.8 Å². The maximum atomic E-state index is 12.7. The number of anilines is 2. The highest BCUT2D eigenvalue weighted by Gasteiger charge is 2.27. The number of rotatable bonds is 5. The number of methoxy groups -OCH3 is 1. The van der Waals surface area contributed by atoms with Crippen molar-refractivity contribution in [1.82, 2.24) is 4.98 Å². The largest absolute Gasteiger partial charge is 0.497 e. The number of hydrogen-bond acceptors (Lipinski definition) is 3. The summed E-state index contributed by atoms with van der Waals surface area (Å²) in [7, 11) is 1.59. The molecule has 0 radical (unpaired) electrons. The summed E-state index contributed by atoms with van der Waals surface area (Å²) in [4.78, 5) is 28.5. The molecule has 0 saturated heterocycles. The van der Waals surface area contributed by atoms with Crippen LogP contribution in [0.5, 0.6) is 5.75 Å². The highest BCUT2D eigenvalue weighted by Crippen LogP contribution is 2.40. The van der Waals surface area contributed by atoms with E-state index in [1.54, 1.807) is 31.4 Å². The average molecular weight is 435 g/mol. The molecular formula is C27H21N3O3. The third-order valence-electron chi connectivity index (χ3n) is 5.53. The van der Waals surface area contributed by atoms with Gasteiger partial charge in [-0.25, -0.2) is 0 Å². The van der Waals surface area contributed by atoms with Gasteiger partial charge in [-0.15, -0.1) is 0 Å². The molecule has 1 aliphatic heterocycles. The molecule has 6 nitrogen and oxygen atoms in total. The molecule has 4 aromatic rings. The zero-order valence-corrected chi connectivity index (χ0v) is 17.9. The zero-order valence-electron chi connectivity index (χ0n) is 17.9. The fraction of sp³-hybridized carbons (Fsp3) is 0.0370. The van der Waals surface area contributed by atoms with Crippen molar-refractivity contribution in [2.24, 2.45) is 0 Å². The SMILES string of the molecule is COc1ccc(C(=O)Nc2cccc(-c3cccc4c3/C(=C/c3ccc[nH]3)C(=O)N4)c2)cc1. The lowest BCUT2D eigenvalue weighted by molar-refractivity contribution is -0.110. The standard InChI is InChI=1S/C27H21N3O3/c1-33-21-12-10-17(11-13-21)26(31)29-20-6-2-5-18(15-20)22-8-3-9-24-25(22)23(27(32)30-24)16-19-7-4-14-28-19/h2-16,28H,1H3,(H,29,31)(H,30,32)/b23-16-. The normalized spacial score (nSPS) is 13.5. The molecule has 33 heavy (non-hydrogen) atoms. The van der Waals surface area contributed by atoms with Gasteiger partial charge in [-0.1, -0.05) is 24.3 Å². The van der Waals surface area contributed by atoms with Crippen molar-refractivity contribution in [1.29, 1.82) is 0 Å². The summed E-state index contributed by atoms with van der Waals surface area (Å²) in [6, 6.07) is 24.1. The molecule has 1 aliphatic rings. The number of fused-ring (bicyclic) bond motifs is 1. The first-order valence-electron chi connectivity index (χ1n) is 10.5. The number of amides is 2. The van der Waals surface area contributed by atoms with Crippen LogP contribution < -0.4 is 15.4 Å². The van der Waals surface area contributed by atoms with Gasteiger partial charge < -0.3 is 20.4 Å². The Morgan fingerprint density at radius 1 is 0.970 bits per heavy atom. The van der Waals surface area contributed by atoms with Crippen molar-refractivity contribution in [3.8, 4) is 16.9 Å². The van der Waals surface area contributed by atoms with Crippen molar-refractivity contribution in [2.45, 2.75) is 0 Å². The Kier molecular flexibility index (Phi) is 5.24. The molecule has 2 heterocycles. The van der Waals surface area contributed by atoms with E-state index < -0.39 is 0 Å². The monoisotopic (exact) mass is 435 g/mol. The lowest BCUT2D eigenvalue weighted by atomic mass is 9.94. The molecule has 0 aliphatic carbocycles. The van der Waals surface area contributed by atoms with Gasteiger partial charge in [-0.2, -0.15) is 0 Å². The predicted molar refractivity (Wildman–Crippen MR) is 130 cm³/mol. The van der Waals surface area contributed by atoms with E-state index in [1.165, 1.54) is 0 Å². The fourth-order valence-corrected chi connectivity index (χ4v) is 3.93. The first-order valence-corrected chi connectivity index (χ1v) is 10.5. The predicted octanol–water partition coefficient (Wildman–Crippen LogP) is 5.44. The van der Waals surface area contributed by atoms with Crippen LogP contribution in [0.1, 0.15) is 21.6 Å². The summed E-state index contributed by atoms with van der Waals surface area (Å²) in [5, 5.41) is 5.89. The average Bonchev–Trinajstić information content (AvgIpc) is 3.47. The third kappa shape index (κ3) is 4.02. The molecule has 1 aromatic heterocycles. The van der Waals surface area contributed by atoms with Gasteiger partial charge in [0.1, 0.15) is 5.75 Å². The second-order valence-electron chi connectivity index (χ2n) is 7.63. The van der Waals surface area contributed by atoms with E-state index in [1.807, 2.05) is 66.9 Å².